The van der Waals surface area contributed by atoms with Gasteiger partial charge in [0.05, 0.1) is 17.3 Å². The first-order valence-electron chi connectivity index (χ1n) is 22.3. The third kappa shape index (κ3) is 13.1. The van der Waals surface area contributed by atoms with Crippen LogP contribution in [0.4, 0.5) is 16.2 Å². The van der Waals surface area contributed by atoms with Gasteiger partial charge >= 0.3 is 6.09 Å². The van der Waals surface area contributed by atoms with Crippen LogP contribution >= 0.6 is 0 Å². The average molecular weight is 889 g/mol. The van der Waals surface area contributed by atoms with E-state index >= 15 is 0 Å². The van der Waals surface area contributed by atoms with Crippen molar-refractivity contribution < 1.29 is 28.7 Å². The van der Waals surface area contributed by atoms with Crippen molar-refractivity contribution in [1.82, 2.24) is 20.1 Å². The fraction of sp³-hybridized carbons (Fsp3) is 0.400. The largest absolute Gasteiger partial charge is 0.506 e. The summed E-state index contributed by atoms with van der Waals surface area (Å²) in [6, 6.07) is 32.0. The quantitative estimate of drug-likeness (QED) is 0.0540. The van der Waals surface area contributed by atoms with Gasteiger partial charge in [0.25, 0.3) is 0 Å². The molecule has 0 spiro atoms. The van der Waals surface area contributed by atoms with Crippen LogP contribution in [-0.4, -0.2) is 92.0 Å². The summed E-state index contributed by atoms with van der Waals surface area (Å²) in [5.74, 6) is -0.0663. The molecule has 13 nitrogen and oxygen atoms in total. The SMILES string of the molecule is CN(CCCC(=O)Nc1ccc(CNC[C@H](O[Si](C)(C)C(C)(C)C)c2ccc(O)c3[nH]c(=O)ccc23)cc1)C(=O)CCN1CCC(OC(=O)Nc2ccccc2-c2ccccc2)CC1. The number of pyridine rings is 1. The number of phenols is 1. The Morgan fingerprint density at radius 3 is 2.31 bits per heavy atom. The molecule has 340 valence electrons. The summed E-state index contributed by atoms with van der Waals surface area (Å²) in [6.45, 7) is 14.7. The molecule has 0 radical (unpaired) electrons. The number of amides is 3. The number of carbonyl (C=O) groups excluding carboxylic acids is 3. The molecule has 1 aliphatic heterocycles. The zero-order valence-corrected chi connectivity index (χ0v) is 39.0. The Hall–Kier alpha value is -5.80. The molecular weight excluding hydrogens is 825 g/mol. The number of nitrogens with zero attached hydrogens (tertiary/aromatic N) is 2. The Morgan fingerprint density at radius 1 is 0.891 bits per heavy atom. The van der Waals surface area contributed by atoms with Crippen LogP contribution in [0.1, 0.15) is 70.1 Å². The van der Waals surface area contributed by atoms with E-state index in [0.717, 1.165) is 40.7 Å². The molecule has 0 bridgehead atoms. The number of aromatic amines is 1. The molecule has 5 aromatic rings. The van der Waals surface area contributed by atoms with Gasteiger partial charge in [0.1, 0.15) is 11.9 Å². The van der Waals surface area contributed by atoms with Crippen molar-refractivity contribution in [3.63, 3.8) is 0 Å². The van der Waals surface area contributed by atoms with E-state index < -0.39 is 14.4 Å². The van der Waals surface area contributed by atoms with E-state index in [1.807, 2.05) is 84.9 Å². The molecule has 3 amide bonds. The predicted molar refractivity (Wildman–Crippen MR) is 257 cm³/mol. The third-order valence-corrected chi connectivity index (χ3v) is 16.9. The molecule has 64 heavy (non-hydrogen) atoms. The minimum Gasteiger partial charge on any atom is -0.506 e. The fourth-order valence-corrected chi connectivity index (χ4v) is 8.89. The molecule has 2 heterocycles. The van der Waals surface area contributed by atoms with Crippen molar-refractivity contribution in [2.75, 3.05) is 50.4 Å². The minimum absolute atomic E-state index is 0.0133. The molecule has 1 atom stereocenters. The highest BCUT2D eigenvalue weighted by molar-refractivity contribution is 6.74. The van der Waals surface area contributed by atoms with Gasteiger partial charge in [-0.05, 0) is 84.4 Å². The lowest BCUT2D eigenvalue weighted by molar-refractivity contribution is -0.130. The van der Waals surface area contributed by atoms with Crippen LogP contribution in [0.3, 0.4) is 0 Å². The number of ether oxygens (including phenoxy) is 1. The molecule has 1 aromatic heterocycles. The molecule has 14 heteroatoms. The van der Waals surface area contributed by atoms with Gasteiger partial charge in [0, 0.05) is 81.9 Å². The van der Waals surface area contributed by atoms with E-state index in [4.69, 9.17) is 9.16 Å². The Labute approximate surface area is 377 Å². The van der Waals surface area contributed by atoms with Gasteiger partial charge in [-0.3, -0.25) is 19.7 Å². The number of piperidine rings is 1. The third-order valence-electron chi connectivity index (χ3n) is 12.4. The highest BCUT2D eigenvalue weighted by Gasteiger charge is 2.40. The molecule has 4 aromatic carbocycles. The second-order valence-electron chi connectivity index (χ2n) is 18.2. The highest BCUT2D eigenvalue weighted by atomic mass is 28.4. The van der Waals surface area contributed by atoms with Crippen molar-refractivity contribution in [1.29, 1.82) is 0 Å². The highest BCUT2D eigenvalue weighted by Crippen LogP contribution is 2.41. The zero-order valence-electron chi connectivity index (χ0n) is 38.0. The van der Waals surface area contributed by atoms with Crippen LogP contribution in [0.25, 0.3) is 22.0 Å². The average Bonchev–Trinajstić information content (AvgIpc) is 3.26. The number of H-pyrrole nitrogens is 1. The Bertz CT molecular complexity index is 2410. The lowest BCUT2D eigenvalue weighted by Gasteiger charge is -2.39. The number of anilines is 2. The van der Waals surface area contributed by atoms with E-state index in [-0.39, 0.29) is 46.8 Å². The first-order chi connectivity index (χ1) is 30.6. The summed E-state index contributed by atoms with van der Waals surface area (Å²) in [5, 5.41) is 20.6. The van der Waals surface area contributed by atoms with E-state index in [1.165, 1.54) is 6.07 Å². The number of para-hydroxylation sites is 1. The molecular formula is C50H64N6O7Si. The number of aromatic nitrogens is 1. The molecule has 0 aliphatic carbocycles. The number of likely N-dealkylation sites (tertiary alicyclic amines) is 1. The molecule has 6 rings (SSSR count). The monoisotopic (exact) mass is 888 g/mol. The Kier molecular flexibility index (Phi) is 16.2. The summed E-state index contributed by atoms with van der Waals surface area (Å²) in [6.07, 6.45) is 1.63. The summed E-state index contributed by atoms with van der Waals surface area (Å²) >= 11 is 0. The summed E-state index contributed by atoms with van der Waals surface area (Å²) < 4.78 is 12.7. The molecule has 0 unspecified atom stereocenters. The van der Waals surface area contributed by atoms with Crippen molar-refractivity contribution in [2.24, 2.45) is 0 Å². The van der Waals surface area contributed by atoms with Crippen LogP contribution < -0.4 is 21.5 Å². The number of hydrogen-bond acceptors (Lipinski definition) is 9. The number of fused-ring (bicyclic) bond motifs is 1. The number of phenolic OH excluding ortho intramolecular Hbond substituents is 1. The van der Waals surface area contributed by atoms with E-state index in [9.17, 15) is 24.3 Å². The van der Waals surface area contributed by atoms with Gasteiger partial charge in [-0.25, -0.2) is 4.79 Å². The smallest absolute Gasteiger partial charge is 0.411 e. The second kappa shape index (κ2) is 21.7. The lowest BCUT2D eigenvalue weighted by Crippen LogP contribution is -2.43. The first-order valence-corrected chi connectivity index (χ1v) is 25.2. The van der Waals surface area contributed by atoms with Gasteiger partial charge in [0.15, 0.2) is 8.32 Å². The van der Waals surface area contributed by atoms with Crippen molar-refractivity contribution >= 4 is 48.5 Å². The van der Waals surface area contributed by atoms with Gasteiger partial charge < -0.3 is 39.7 Å². The van der Waals surface area contributed by atoms with E-state index in [1.54, 1.807) is 24.1 Å². The van der Waals surface area contributed by atoms with Gasteiger partial charge in [-0.1, -0.05) is 87.5 Å². The van der Waals surface area contributed by atoms with Crippen molar-refractivity contribution in [3.8, 4) is 16.9 Å². The van der Waals surface area contributed by atoms with Gasteiger partial charge in [0.2, 0.25) is 17.4 Å². The van der Waals surface area contributed by atoms with Crippen LogP contribution in [-0.2, 0) is 25.3 Å². The molecule has 1 fully saturated rings. The summed E-state index contributed by atoms with van der Waals surface area (Å²) in [7, 11) is -0.442. The van der Waals surface area contributed by atoms with Crippen molar-refractivity contribution in [2.45, 2.75) is 89.8 Å². The lowest BCUT2D eigenvalue weighted by atomic mass is 10.0. The van der Waals surface area contributed by atoms with Crippen molar-refractivity contribution in [3.05, 3.63) is 125 Å². The number of aromatic hydroxyl groups is 1. The zero-order chi connectivity index (χ0) is 45.9. The number of hydrogen-bond donors (Lipinski definition) is 5. The van der Waals surface area contributed by atoms with E-state index in [2.05, 4.69) is 59.7 Å². The summed E-state index contributed by atoms with van der Waals surface area (Å²) in [4.78, 5) is 57.3. The maximum absolute atomic E-state index is 12.9. The number of rotatable bonds is 18. The van der Waals surface area contributed by atoms with Gasteiger partial charge in [-0.15, -0.1) is 0 Å². The second-order valence-corrected chi connectivity index (χ2v) is 22.9. The first kappa shape index (κ1) is 47.7. The molecule has 0 saturated carbocycles. The maximum atomic E-state index is 12.9. The van der Waals surface area contributed by atoms with Crippen LogP contribution in [0.5, 0.6) is 5.75 Å². The number of nitrogens with one attached hydrogen (secondary N) is 4. The topological polar surface area (TPSA) is 165 Å². The van der Waals surface area contributed by atoms with Crippen LogP contribution in [0.15, 0.2) is 108 Å². The minimum atomic E-state index is -2.22. The standard InChI is InChI=1S/C50H64N6O7Si/c1-50(2,3)64(5,6)63-44(40-22-24-43(57)48-41(40)23-25-46(59)54-48)34-51-33-35-18-20-37(21-19-35)52-45(58)17-12-29-55(4)47(60)28-32-56-30-26-38(27-31-56)62-49(61)53-42-16-11-10-15-39(42)36-13-8-7-9-14-36/h7-11,13-16,18-25,38,44,51,57H,12,17,26-34H2,1-6H3,(H,52,58)(H,53,61)(H,54,59)/t44-/m0/s1. The number of carbonyl (C=O) groups is 3. The number of benzene rings is 4. The Balaban J connectivity index is 0.881. The summed E-state index contributed by atoms with van der Waals surface area (Å²) in [5.41, 5.74) is 5.38. The van der Waals surface area contributed by atoms with Crippen LogP contribution in [0.2, 0.25) is 18.1 Å². The predicted octanol–water partition coefficient (Wildman–Crippen LogP) is 9.03. The Morgan fingerprint density at radius 2 is 1.59 bits per heavy atom. The molecule has 1 aliphatic rings. The molecule has 5 N–H and O–H groups in total. The van der Waals surface area contributed by atoms with Crippen LogP contribution in [0, 0.1) is 0 Å². The maximum Gasteiger partial charge on any atom is 0.411 e. The fourth-order valence-electron chi connectivity index (χ4n) is 7.61. The normalized spacial score (nSPS) is 14.2. The van der Waals surface area contributed by atoms with E-state index in [0.29, 0.717) is 68.8 Å². The van der Waals surface area contributed by atoms with Gasteiger partial charge in [-0.2, -0.15) is 0 Å². The molecule has 1 saturated heterocycles.